The number of hydrogen-bond acceptors (Lipinski definition) is 5. The number of rotatable bonds is 7. The number of hydrogen-bond donors (Lipinski definition) is 1. The number of aromatic nitrogens is 4. The van der Waals surface area contributed by atoms with E-state index in [2.05, 4.69) is 22.4 Å². The number of nitrogens with zero attached hydrogens (tertiary/aromatic N) is 4. The van der Waals surface area contributed by atoms with Crippen LogP contribution < -0.4 is 10.9 Å². The maximum atomic E-state index is 13.1. The van der Waals surface area contributed by atoms with Crippen molar-refractivity contribution in [3.05, 3.63) is 63.4 Å². The number of aryl methyl sites for hydroxylation is 1. The second-order valence-corrected chi connectivity index (χ2v) is 9.32. The Kier molecular flexibility index (Phi) is 6.53. The van der Waals surface area contributed by atoms with Gasteiger partial charge in [0.1, 0.15) is 0 Å². The molecule has 166 valence electrons. The van der Waals surface area contributed by atoms with Crippen LogP contribution in [0.3, 0.4) is 0 Å². The van der Waals surface area contributed by atoms with E-state index < -0.39 is 5.25 Å². The van der Waals surface area contributed by atoms with Gasteiger partial charge in [0, 0.05) is 17.3 Å². The van der Waals surface area contributed by atoms with Gasteiger partial charge in [-0.05, 0) is 50.1 Å². The molecule has 0 spiro atoms. The van der Waals surface area contributed by atoms with E-state index in [1.165, 1.54) is 11.8 Å². The van der Waals surface area contributed by atoms with Crippen molar-refractivity contribution < 1.29 is 4.79 Å². The quantitative estimate of drug-likeness (QED) is 0.388. The second-order valence-electron chi connectivity index (χ2n) is 7.61. The second kappa shape index (κ2) is 9.34. The van der Waals surface area contributed by atoms with Crippen molar-refractivity contribution in [3.8, 4) is 0 Å². The first-order valence-electron chi connectivity index (χ1n) is 10.5. The number of nitrogens with one attached hydrogen (secondary N) is 1. The molecule has 1 N–H and O–H groups in total. The molecular weight excluding hydrogens is 446 g/mol. The van der Waals surface area contributed by atoms with E-state index >= 15 is 0 Å². The molecule has 0 saturated heterocycles. The molecule has 0 aliphatic carbocycles. The molecule has 4 rings (SSSR count). The molecule has 7 nitrogen and oxygen atoms in total. The molecule has 32 heavy (non-hydrogen) atoms. The fraction of sp³-hybridized carbons (Fsp3) is 0.304. The van der Waals surface area contributed by atoms with Gasteiger partial charge in [-0.1, -0.05) is 54.9 Å². The smallest absolute Gasteiger partial charge is 0.262 e. The third-order valence-corrected chi connectivity index (χ3v) is 6.84. The highest BCUT2D eigenvalue weighted by Gasteiger charge is 2.22. The Morgan fingerprint density at radius 3 is 2.75 bits per heavy atom. The fourth-order valence-corrected chi connectivity index (χ4v) is 4.55. The van der Waals surface area contributed by atoms with Crippen molar-refractivity contribution in [2.45, 2.75) is 50.6 Å². The summed E-state index contributed by atoms with van der Waals surface area (Å²) in [5.41, 5.74) is 2.15. The zero-order valence-electron chi connectivity index (χ0n) is 18.1. The lowest BCUT2D eigenvalue weighted by atomic mass is 10.2. The maximum absolute atomic E-state index is 13.1. The van der Waals surface area contributed by atoms with Crippen LogP contribution in [0.5, 0.6) is 0 Å². The third-order valence-electron chi connectivity index (χ3n) is 5.39. The van der Waals surface area contributed by atoms with Crippen molar-refractivity contribution >= 4 is 51.6 Å². The van der Waals surface area contributed by atoms with Crippen LogP contribution in [0, 0.1) is 6.92 Å². The zero-order chi connectivity index (χ0) is 22.8. The van der Waals surface area contributed by atoms with Gasteiger partial charge in [0.15, 0.2) is 5.16 Å². The van der Waals surface area contributed by atoms with Gasteiger partial charge in [0.2, 0.25) is 11.7 Å². The average molecular weight is 470 g/mol. The molecule has 0 fully saturated rings. The molecule has 0 aliphatic heterocycles. The number of benzene rings is 2. The maximum Gasteiger partial charge on any atom is 0.262 e. The normalized spacial score (nSPS) is 12.4. The van der Waals surface area contributed by atoms with E-state index in [1.54, 1.807) is 16.7 Å². The summed E-state index contributed by atoms with van der Waals surface area (Å²) in [5, 5.41) is 12.9. The highest BCUT2D eigenvalue weighted by atomic mass is 35.5. The lowest BCUT2D eigenvalue weighted by Crippen LogP contribution is -2.24. The van der Waals surface area contributed by atoms with Crippen LogP contribution in [0.1, 0.15) is 32.3 Å². The van der Waals surface area contributed by atoms with Crippen molar-refractivity contribution in [2.24, 2.45) is 0 Å². The minimum Gasteiger partial charge on any atom is -0.325 e. The molecule has 0 aliphatic rings. The van der Waals surface area contributed by atoms with Crippen molar-refractivity contribution in [1.29, 1.82) is 0 Å². The minimum atomic E-state index is -0.449. The third kappa shape index (κ3) is 4.12. The summed E-state index contributed by atoms with van der Waals surface area (Å²) in [6, 6.07) is 12.8. The average Bonchev–Trinajstić information content (AvgIpc) is 3.20. The summed E-state index contributed by atoms with van der Waals surface area (Å²) in [4.78, 5) is 25.9. The Bertz CT molecular complexity index is 1360. The van der Waals surface area contributed by atoms with Crippen LogP contribution in [0.15, 0.2) is 52.4 Å². The first-order valence-corrected chi connectivity index (χ1v) is 11.8. The van der Waals surface area contributed by atoms with Crippen LogP contribution >= 0.6 is 23.4 Å². The summed E-state index contributed by atoms with van der Waals surface area (Å²) in [6.07, 6.45) is 1.82. The molecule has 1 atom stereocenters. The number of carbonyl (C=O) groups excluding carboxylic acids is 1. The van der Waals surface area contributed by atoms with E-state index in [0.29, 0.717) is 33.6 Å². The van der Waals surface area contributed by atoms with Gasteiger partial charge in [-0.2, -0.15) is 0 Å². The number of unbranched alkanes of at least 4 members (excludes halogenated alkanes) is 1. The Morgan fingerprint density at radius 1 is 1.19 bits per heavy atom. The Labute approximate surface area is 194 Å². The SMILES string of the molecule is CCCCn1c(=O)c2ccccc2n2c(SC(C)C(=O)Nc3cccc(Cl)c3C)nnc12. The molecule has 4 aromatic rings. The van der Waals surface area contributed by atoms with E-state index in [-0.39, 0.29) is 11.5 Å². The van der Waals surface area contributed by atoms with E-state index in [4.69, 9.17) is 11.6 Å². The van der Waals surface area contributed by atoms with Gasteiger partial charge < -0.3 is 5.32 Å². The Morgan fingerprint density at radius 2 is 1.97 bits per heavy atom. The zero-order valence-corrected chi connectivity index (χ0v) is 19.7. The summed E-state index contributed by atoms with van der Waals surface area (Å²) >= 11 is 7.47. The fourth-order valence-electron chi connectivity index (χ4n) is 3.52. The lowest BCUT2D eigenvalue weighted by molar-refractivity contribution is -0.115. The van der Waals surface area contributed by atoms with Crippen LogP contribution in [-0.2, 0) is 11.3 Å². The molecule has 0 radical (unpaired) electrons. The van der Waals surface area contributed by atoms with Gasteiger partial charge in [0.25, 0.3) is 5.56 Å². The number of fused-ring (bicyclic) bond motifs is 3. The molecule has 0 bridgehead atoms. The molecule has 2 aromatic heterocycles. The monoisotopic (exact) mass is 469 g/mol. The molecule has 1 unspecified atom stereocenters. The molecule has 2 heterocycles. The summed E-state index contributed by atoms with van der Waals surface area (Å²) in [7, 11) is 0. The minimum absolute atomic E-state index is 0.0762. The number of para-hydroxylation sites is 1. The highest BCUT2D eigenvalue weighted by Crippen LogP contribution is 2.27. The Hall–Kier alpha value is -2.84. The number of carbonyl (C=O) groups is 1. The van der Waals surface area contributed by atoms with Gasteiger partial charge in [-0.15, -0.1) is 10.2 Å². The van der Waals surface area contributed by atoms with Gasteiger partial charge >= 0.3 is 0 Å². The molecule has 9 heteroatoms. The van der Waals surface area contributed by atoms with Gasteiger partial charge in [0.05, 0.1) is 16.2 Å². The topological polar surface area (TPSA) is 81.3 Å². The van der Waals surface area contributed by atoms with E-state index in [1.807, 2.05) is 48.6 Å². The standard InChI is InChI=1S/C23H24ClN5O2S/c1-4-5-13-28-21(31)16-9-6-7-12-19(16)29-22(28)26-27-23(29)32-15(3)20(30)25-18-11-8-10-17(24)14(18)2/h6-12,15H,4-5,13H2,1-3H3,(H,25,30). The van der Waals surface area contributed by atoms with Crippen LogP contribution in [0.4, 0.5) is 5.69 Å². The molecule has 1 amide bonds. The first kappa shape index (κ1) is 22.4. The lowest BCUT2D eigenvalue weighted by Gasteiger charge is -2.14. The molecule has 0 saturated carbocycles. The summed E-state index contributed by atoms with van der Waals surface area (Å²) in [5.74, 6) is 0.323. The van der Waals surface area contributed by atoms with Gasteiger partial charge in [-0.3, -0.25) is 18.6 Å². The largest absolute Gasteiger partial charge is 0.325 e. The summed E-state index contributed by atoms with van der Waals surface area (Å²) < 4.78 is 3.54. The van der Waals surface area contributed by atoms with Crippen LogP contribution in [0.2, 0.25) is 5.02 Å². The summed E-state index contributed by atoms with van der Waals surface area (Å²) in [6.45, 7) is 6.33. The van der Waals surface area contributed by atoms with Crippen molar-refractivity contribution in [2.75, 3.05) is 5.32 Å². The predicted molar refractivity (Wildman–Crippen MR) is 130 cm³/mol. The molecular formula is C23H24ClN5O2S. The number of amides is 1. The first-order chi connectivity index (χ1) is 15.4. The number of anilines is 1. The molecule has 2 aromatic carbocycles. The van der Waals surface area contributed by atoms with Crippen molar-refractivity contribution in [3.63, 3.8) is 0 Å². The van der Waals surface area contributed by atoms with Crippen LogP contribution in [-0.4, -0.2) is 30.3 Å². The highest BCUT2D eigenvalue weighted by molar-refractivity contribution is 8.00. The van der Waals surface area contributed by atoms with Gasteiger partial charge in [-0.25, -0.2) is 0 Å². The van der Waals surface area contributed by atoms with E-state index in [9.17, 15) is 9.59 Å². The van der Waals surface area contributed by atoms with Crippen LogP contribution in [0.25, 0.3) is 16.7 Å². The van der Waals surface area contributed by atoms with E-state index in [0.717, 1.165) is 23.9 Å². The number of halogens is 1. The Balaban J connectivity index is 1.70. The van der Waals surface area contributed by atoms with Crippen molar-refractivity contribution in [1.82, 2.24) is 19.2 Å². The number of thioether (sulfide) groups is 1. The predicted octanol–water partition coefficient (Wildman–Crippen LogP) is 4.93.